The summed E-state index contributed by atoms with van der Waals surface area (Å²) in [5.74, 6) is -0.379. The van der Waals surface area contributed by atoms with E-state index in [2.05, 4.69) is 4.74 Å². The largest absolute Gasteiger partial charge is 0.469 e. The van der Waals surface area contributed by atoms with Gasteiger partial charge in [0.05, 0.1) is 13.5 Å². The van der Waals surface area contributed by atoms with Crippen LogP contribution in [0.3, 0.4) is 0 Å². The minimum atomic E-state index is -0.258. The Hall–Kier alpha value is -1.38. The van der Waals surface area contributed by atoms with Crippen molar-refractivity contribution in [2.75, 3.05) is 7.11 Å². The molecule has 0 N–H and O–H groups in total. The number of hydrogen-bond acceptors (Lipinski definition) is 2. The van der Waals surface area contributed by atoms with Gasteiger partial charge in [0.15, 0.2) is 0 Å². The third-order valence-corrected chi connectivity index (χ3v) is 2.47. The fourth-order valence-electron chi connectivity index (χ4n) is 1.52. The van der Waals surface area contributed by atoms with Gasteiger partial charge in [-0.3, -0.25) is 4.79 Å². The number of ether oxygens (including phenoxy) is 1. The Morgan fingerprint density at radius 3 is 2.47 bits per heavy atom. The highest BCUT2D eigenvalue weighted by Gasteiger charge is 2.14. The highest BCUT2D eigenvalue weighted by molar-refractivity contribution is 5.70. The van der Waals surface area contributed by atoms with Crippen molar-refractivity contribution in [1.82, 2.24) is 0 Å². The molecule has 1 aromatic rings. The quantitative estimate of drug-likeness (QED) is 0.714. The van der Waals surface area contributed by atoms with E-state index >= 15 is 0 Å². The van der Waals surface area contributed by atoms with Crippen LogP contribution in [0.1, 0.15) is 31.2 Å². The summed E-state index contributed by atoms with van der Waals surface area (Å²) < 4.78 is 17.3. The summed E-state index contributed by atoms with van der Waals surface area (Å²) in [5, 5.41) is 0. The van der Waals surface area contributed by atoms with Gasteiger partial charge in [-0.05, 0) is 30.0 Å². The van der Waals surface area contributed by atoms with Crippen LogP contribution < -0.4 is 0 Å². The number of rotatable bonds is 4. The van der Waals surface area contributed by atoms with Gasteiger partial charge in [0, 0.05) is 0 Å². The fourth-order valence-corrected chi connectivity index (χ4v) is 1.52. The summed E-state index contributed by atoms with van der Waals surface area (Å²) in [6.07, 6.45) is 1.18. The summed E-state index contributed by atoms with van der Waals surface area (Å²) in [4.78, 5) is 11.1. The first-order valence-electron chi connectivity index (χ1n) is 4.99. The van der Waals surface area contributed by atoms with Crippen LogP contribution in [0.4, 0.5) is 4.39 Å². The molecular formula is C12H15FO2. The first-order chi connectivity index (χ1) is 7.17. The van der Waals surface area contributed by atoms with Crippen LogP contribution in [0.15, 0.2) is 24.3 Å². The van der Waals surface area contributed by atoms with E-state index in [0.29, 0.717) is 6.42 Å². The first kappa shape index (κ1) is 11.7. The Bertz CT molecular complexity index is 319. The van der Waals surface area contributed by atoms with Gasteiger partial charge in [-0.2, -0.15) is 0 Å². The third kappa shape index (κ3) is 3.35. The first-order valence-corrected chi connectivity index (χ1v) is 4.99. The van der Waals surface area contributed by atoms with Gasteiger partial charge >= 0.3 is 5.97 Å². The molecule has 1 rings (SSSR count). The molecule has 0 aliphatic rings. The molecule has 1 aromatic carbocycles. The maximum Gasteiger partial charge on any atom is 0.306 e. The number of methoxy groups -OCH3 is 1. The molecule has 0 fully saturated rings. The van der Waals surface area contributed by atoms with Gasteiger partial charge in [0.1, 0.15) is 5.82 Å². The molecule has 0 saturated carbocycles. The van der Waals surface area contributed by atoms with Gasteiger partial charge in [0.25, 0.3) is 0 Å². The second-order valence-electron chi connectivity index (χ2n) is 3.44. The Balaban J connectivity index is 2.74. The zero-order valence-electron chi connectivity index (χ0n) is 9.00. The van der Waals surface area contributed by atoms with Gasteiger partial charge in [0.2, 0.25) is 0 Å². The van der Waals surface area contributed by atoms with Crippen LogP contribution >= 0.6 is 0 Å². The Labute approximate surface area is 89.1 Å². The number of esters is 1. The van der Waals surface area contributed by atoms with E-state index < -0.39 is 0 Å². The van der Waals surface area contributed by atoms with Crippen molar-refractivity contribution in [3.8, 4) is 0 Å². The SMILES string of the molecule is CCC(CC(=O)OC)c1ccc(F)cc1. The van der Waals surface area contributed by atoms with E-state index in [9.17, 15) is 9.18 Å². The molecule has 0 aromatic heterocycles. The van der Waals surface area contributed by atoms with E-state index in [1.807, 2.05) is 6.92 Å². The van der Waals surface area contributed by atoms with Crippen molar-refractivity contribution in [3.05, 3.63) is 35.6 Å². The normalized spacial score (nSPS) is 12.2. The van der Waals surface area contributed by atoms with Crippen LogP contribution in [0.5, 0.6) is 0 Å². The summed E-state index contributed by atoms with van der Waals surface area (Å²) in [6.45, 7) is 2.00. The van der Waals surface area contributed by atoms with Gasteiger partial charge in [-0.1, -0.05) is 19.1 Å². The van der Waals surface area contributed by atoms with E-state index in [4.69, 9.17) is 0 Å². The van der Waals surface area contributed by atoms with E-state index in [0.717, 1.165) is 12.0 Å². The summed E-state index contributed by atoms with van der Waals surface area (Å²) in [5.41, 5.74) is 0.976. The monoisotopic (exact) mass is 210 g/mol. The molecule has 1 atom stereocenters. The molecule has 15 heavy (non-hydrogen) atoms. The number of carbonyl (C=O) groups excluding carboxylic acids is 1. The highest BCUT2D eigenvalue weighted by Crippen LogP contribution is 2.23. The van der Waals surface area contributed by atoms with Gasteiger partial charge in [-0.25, -0.2) is 4.39 Å². The maximum absolute atomic E-state index is 12.7. The number of halogens is 1. The van der Waals surface area contributed by atoms with E-state index in [-0.39, 0.29) is 17.7 Å². The van der Waals surface area contributed by atoms with Crippen LogP contribution in [0.2, 0.25) is 0 Å². The van der Waals surface area contributed by atoms with Crippen molar-refractivity contribution in [3.63, 3.8) is 0 Å². The Morgan fingerprint density at radius 1 is 1.40 bits per heavy atom. The molecule has 0 radical (unpaired) electrons. The van der Waals surface area contributed by atoms with Crippen LogP contribution in [-0.2, 0) is 9.53 Å². The van der Waals surface area contributed by atoms with Crippen molar-refractivity contribution in [2.24, 2.45) is 0 Å². The maximum atomic E-state index is 12.7. The van der Waals surface area contributed by atoms with Gasteiger partial charge in [-0.15, -0.1) is 0 Å². The van der Waals surface area contributed by atoms with Crippen LogP contribution in [0, 0.1) is 5.82 Å². The second-order valence-corrected chi connectivity index (χ2v) is 3.44. The summed E-state index contributed by atoms with van der Waals surface area (Å²) in [7, 11) is 1.37. The number of hydrogen-bond donors (Lipinski definition) is 0. The van der Waals surface area contributed by atoms with Crippen molar-refractivity contribution >= 4 is 5.97 Å². The summed E-state index contributed by atoms with van der Waals surface area (Å²) in [6, 6.07) is 6.25. The highest BCUT2D eigenvalue weighted by atomic mass is 19.1. The zero-order chi connectivity index (χ0) is 11.3. The minimum absolute atomic E-state index is 0.109. The molecule has 0 bridgehead atoms. The van der Waals surface area contributed by atoms with Crippen molar-refractivity contribution in [1.29, 1.82) is 0 Å². The fraction of sp³-hybridized carbons (Fsp3) is 0.417. The summed E-state index contributed by atoms with van der Waals surface area (Å²) >= 11 is 0. The second kappa shape index (κ2) is 5.49. The smallest absolute Gasteiger partial charge is 0.306 e. The lowest BCUT2D eigenvalue weighted by Crippen LogP contribution is -2.08. The number of carbonyl (C=O) groups is 1. The molecule has 82 valence electrons. The molecule has 0 amide bonds. The predicted molar refractivity (Wildman–Crippen MR) is 56.1 cm³/mol. The van der Waals surface area contributed by atoms with Crippen LogP contribution in [-0.4, -0.2) is 13.1 Å². The lowest BCUT2D eigenvalue weighted by molar-refractivity contribution is -0.141. The average Bonchev–Trinajstić information content (AvgIpc) is 2.27. The minimum Gasteiger partial charge on any atom is -0.469 e. The van der Waals surface area contributed by atoms with E-state index in [1.165, 1.54) is 19.2 Å². The Morgan fingerprint density at radius 2 is 2.00 bits per heavy atom. The average molecular weight is 210 g/mol. The molecule has 0 aliphatic heterocycles. The van der Waals surface area contributed by atoms with Crippen molar-refractivity contribution in [2.45, 2.75) is 25.7 Å². The van der Waals surface area contributed by atoms with E-state index in [1.54, 1.807) is 12.1 Å². The standard InChI is InChI=1S/C12H15FO2/c1-3-9(8-12(14)15-2)10-4-6-11(13)7-5-10/h4-7,9H,3,8H2,1-2H3. The molecule has 0 saturated heterocycles. The zero-order valence-corrected chi connectivity index (χ0v) is 9.00. The molecule has 2 nitrogen and oxygen atoms in total. The van der Waals surface area contributed by atoms with Crippen LogP contribution in [0.25, 0.3) is 0 Å². The molecular weight excluding hydrogens is 195 g/mol. The molecule has 3 heteroatoms. The lowest BCUT2D eigenvalue weighted by atomic mass is 9.93. The topological polar surface area (TPSA) is 26.3 Å². The predicted octanol–water partition coefficient (Wildman–Crippen LogP) is 2.88. The molecule has 0 spiro atoms. The molecule has 0 aliphatic carbocycles. The number of benzene rings is 1. The van der Waals surface area contributed by atoms with Gasteiger partial charge < -0.3 is 4.74 Å². The lowest BCUT2D eigenvalue weighted by Gasteiger charge is -2.13. The molecule has 1 unspecified atom stereocenters. The van der Waals surface area contributed by atoms with Crippen molar-refractivity contribution < 1.29 is 13.9 Å². The Kier molecular flexibility index (Phi) is 4.28. The molecule has 0 heterocycles. The third-order valence-electron chi connectivity index (χ3n) is 2.47.